The Hall–Kier alpha value is -4.99. The molecule has 0 aliphatic heterocycles. The highest BCUT2D eigenvalue weighted by Crippen LogP contribution is 2.32. The third-order valence-electron chi connectivity index (χ3n) is 6.73. The number of aliphatic carboxylic acids is 1. The van der Waals surface area contributed by atoms with Crippen LogP contribution in [0.25, 0.3) is 16.9 Å². The van der Waals surface area contributed by atoms with E-state index in [1.54, 1.807) is 48.7 Å². The Labute approximate surface area is 263 Å². The highest BCUT2D eigenvalue weighted by molar-refractivity contribution is 6.38. The van der Waals surface area contributed by atoms with Gasteiger partial charge in [-0.05, 0) is 60.4 Å². The van der Waals surface area contributed by atoms with Gasteiger partial charge in [-0.2, -0.15) is 5.10 Å². The molecule has 3 aromatic carbocycles. The van der Waals surface area contributed by atoms with Crippen molar-refractivity contribution >= 4 is 46.8 Å². The van der Waals surface area contributed by atoms with Gasteiger partial charge in [-0.15, -0.1) is 0 Å². The fraction of sp³-hybridized carbons (Fsp3) is 0.121. The molecule has 0 saturated carbocycles. The van der Waals surface area contributed by atoms with Crippen molar-refractivity contribution < 1.29 is 19.5 Å². The maximum Gasteiger partial charge on any atom is 0.307 e. The van der Waals surface area contributed by atoms with Crippen LogP contribution in [0, 0.1) is 0 Å². The van der Waals surface area contributed by atoms with E-state index in [0.717, 1.165) is 11.1 Å². The predicted octanol–water partition coefficient (Wildman–Crippen LogP) is 6.48. The number of nitrogens with one attached hydrogen (secondary N) is 2. The van der Waals surface area contributed by atoms with Gasteiger partial charge < -0.3 is 15.7 Å². The van der Waals surface area contributed by atoms with E-state index in [1.165, 1.54) is 16.8 Å². The molecular formula is C33H27Cl2N5O4. The number of halogens is 2. The molecule has 5 rings (SSSR count). The van der Waals surface area contributed by atoms with Gasteiger partial charge in [-0.1, -0.05) is 71.7 Å². The van der Waals surface area contributed by atoms with Gasteiger partial charge in [-0.3, -0.25) is 19.4 Å². The van der Waals surface area contributed by atoms with Crippen molar-refractivity contribution in [3.05, 3.63) is 130 Å². The van der Waals surface area contributed by atoms with Crippen LogP contribution in [0.15, 0.2) is 97.2 Å². The molecule has 0 bridgehead atoms. The predicted molar refractivity (Wildman–Crippen MR) is 170 cm³/mol. The first-order chi connectivity index (χ1) is 21.3. The van der Waals surface area contributed by atoms with Gasteiger partial charge in [0, 0.05) is 24.4 Å². The lowest BCUT2D eigenvalue weighted by molar-refractivity contribution is -0.136. The van der Waals surface area contributed by atoms with Gasteiger partial charge in [-0.25, -0.2) is 4.68 Å². The molecule has 2 heterocycles. The van der Waals surface area contributed by atoms with Crippen molar-refractivity contribution in [3.63, 3.8) is 0 Å². The normalized spacial score (nSPS) is 10.8. The summed E-state index contributed by atoms with van der Waals surface area (Å²) in [5.41, 5.74) is 3.86. The molecule has 2 amide bonds. The van der Waals surface area contributed by atoms with E-state index in [0.29, 0.717) is 41.4 Å². The third-order valence-corrected chi connectivity index (χ3v) is 7.36. The largest absolute Gasteiger partial charge is 0.481 e. The maximum atomic E-state index is 13.5. The SMILES string of the molecule is O=C(O)Cc1ccc(CCCNC(=O)c2cc(NC(=O)c3cc(-c4ccccn4)c(Cl)cc3Cl)n(-c3ccccc3)n2)cc1. The van der Waals surface area contributed by atoms with E-state index >= 15 is 0 Å². The van der Waals surface area contributed by atoms with Gasteiger partial charge in [0.25, 0.3) is 11.8 Å². The molecule has 0 spiro atoms. The number of para-hydroxylation sites is 1. The number of amides is 2. The topological polar surface area (TPSA) is 126 Å². The first-order valence-corrected chi connectivity index (χ1v) is 14.5. The zero-order valence-corrected chi connectivity index (χ0v) is 24.8. The van der Waals surface area contributed by atoms with Crippen molar-refractivity contribution in [1.29, 1.82) is 0 Å². The fourth-order valence-electron chi connectivity index (χ4n) is 4.56. The van der Waals surface area contributed by atoms with Crippen LogP contribution >= 0.6 is 23.2 Å². The molecule has 0 unspecified atom stereocenters. The Bertz CT molecular complexity index is 1790. The molecule has 11 heteroatoms. The molecule has 0 aliphatic rings. The number of carbonyl (C=O) groups excluding carboxylic acids is 2. The smallest absolute Gasteiger partial charge is 0.307 e. The van der Waals surface area contributed by atoms with Crippen molar-refractivity contribution in [2.45, 2.75) is 19.3 Å². The second-order valence-corrected chi connectivity index (χ2v) is 10.7. The van der Waals surface area contributed by atoms with Gasteiger partial charge in [0.1, 0.15) is 5.82 Å². The number of rotatable bonds is 11. The van der Waals surface area contributed by atoms with Crippen molar-refractivity contribution in [2.75, 3.05) is 11.9 Å². The first-order valence-electron chi connectivity index (χ1n) is 13.7. The van der Waals surface area contributed by atoms with E-state index in [-0.39, 0.29) is 28.5 Å². The lowest BCUT2D eigenvalue weighted by atomic mass is 10.1. The van der Waals surface area contributed by atoms with Crippen LogP contribution in [-0.4, -0.2) is 44.2 Å². The summed E-state index contributed by atoms with van der Waals surface area (Å²) in [5.74, 6) is -1.50. The summed E-state index contributed by atoms with van der Waals surface area (Å²) in [6, 6.07) is 26.5. The average Bonchev–Trinajstić information content (AvgIpc) is 3.44. The Morgan fingerprint density at radius 2 is 1.55 bits per heavy atom. The summed E-state index contributed by atoms with van der Waals surface area (Å²) in [6.07, 6.45) is 2.98. The molecule has 3 N–H and O–H groups in total. The van der Waals surface area contributed by atoms with E-state index in [2.05, 4.69) is 20.7 Å². The van der Waals surface area contributed by atoms with Crippen LogP contribution in [0.1, 0.15) is 38.4 Å². The van der Waals surface area contributed by atoms with Crippen LogP contribution in [-0.2, 0) is 17.6 Å². The van der Waals surface area contributed by atoms with Crippen LogP contribution < -0.4 is 10.6 Å². The molecule has 0 fully saturated rings. The van der Waals surface area contributed by atoms with Crippen molar-refractivity contribution in [1.82, 2.24) is 20.1 Å². The van der Waals surface area contributed by atoms with E-state index < -0.39 is 17.8 Å². The van der Waals surface area contributed by atoms with Crippen LogP contribution in [0.2, 0.25) is 10.0 Å². The number of nitrogens with zero attached hydrogens (tertiary/aromatic N) is 3. The van der Waals surface area contributed by atoms with Gasteiger partial charge in [0.05, 0.1) is 33.4 Å². The molecule has 5 aromatic rings. The standard InChI is InChI=1S/C33H27Cl2N5O4/c34-26-19-27(35)25(18-24(26)28-10-4-5-15-36-28)32(43)38-30-20-29(39-40(30)23-8-2-1-3-9-23)33(44)37-16-6-7-21-11-13-22(14-12-21)17-31(41)42/h1-5,8-15,18-20H,6-7,16-17H2,(H,37,44)(H,38,43)(H,41,42). The quantitative estimate of drug-likeness (QED) is 0.144. The number of hydrogen-bond donors (Lipinski definition) is 3. The number of carboxylic acid groups (broad SMARTS) is 1. The number of benzene rings is 3. The summed E-state index contributed by atoms with van der Waals surface area (Å²) in [6.45, 7) is 0.395. The highest BCUT2D eigenvalue weighted by atomic mass is 35.5. The maximum absolute atomic E-state index is 13.5. The van der Waals surface area contributed by atoms with Gasteiger partial charge in [0.15, 0.2) is 5.69 Å². The third kappa shape index (κ3) is 7.50. The lowest BCUT2D eigenvalue weighted by Crippen LogP contribution is -2.25. The molecular weight excluding hydrogens is 601 g/mol. The number of aromatic nitrogens is 3. The Kier molecular flexibility index (Phi) is 9.69. The Morgan fingerprint density at radius 1 is 0.818 bits per heavy atom. The Morgan fingerprint density at radius 3 is 2.25 bits per heavy atom. The first kappa shape index (κ1) is 30.5. The number of carboxylic acids is 1. The van der Waals surface area contributed by atoms with E-state index in [4.69, 9.17) is 28.3 Å². The van der Waals surface area contributed by atoms with E-state index in [9.17, 15) is 14.4 Å². The van der Waals surface area contributed by atoms with Crippen LogP contribution in [0.4, 0.5) is 5.82 Å². The molecule has 44 heavy (non-hydrogen) atoms. The molecule has 0 radical (unpaired) electrons. The minimum atomic E-state index is -0.874. The second kappa shape index (κ2) is 14.0. The zero-order chi connectivity index (χ0) is 31.1. The van der Waals surface area contributed by atoms with Crippen LogP contribution in [0.3, 0.4) is 0 Å². The minimum Gasteiger partial charge on any atom is -0.481 e. The lowest BCUT2D eigenvalue weighted by Gasteiger charge is -2.12. The number of pyridine rings is 1. The monoisotopic (exact) mass is 627 g/mol. The number of hydrogen-bond acceptors (Lipinski definition) is 5. The van der Waals surface area contributed by atoms with Gasteiger partial charge in [0.2, 0.25) is 0 Å². The van der Waals surface area contributed by atoms with Crippen molar-refractivity contribution in [2.24, 2.45) is 0 Å². The minimum absolute atomic E-state index is 0.0205. The Balaban J connectivity index is 1.30. The highest BCUT2D eigenvalue weighted by Gasteiger charge is 2.20. The van der Waals surface area contributed by atoms with E-state index in [1.807, 2.05) is 36.4 Å². The zero-order valence-electron chi connectivity index (χ0n) is 23.3. The summed E-state index contributed by atoms with van der Waals surface area (Å²) in [4.78, 5) is 41.7. The molecule has 0 saturated heterocycles. The summed E-state index contributed by atoms with van der Waals surface area (Å²) in [7, 11) is 0. The number of carbonyl (C=O) groups is 3. The molecule has 2 aromatic heterocycles. The van der Waals surface area contributed by atoms with Crippen molar-refractivity contribution in [3.8, 4) is 16.9 Å². The molecule has 222 valence electrons. The number of anilines is 1. The summed E-state index contributed by atoms with van der Waals surface area (Å²) < 4.78 is 1.48. The number of aryl methyl sites for hydroxylation is 1. The summed E-state index contributed by atoms with van der Waals surface area (Å²) in [5, 5.41) is 19.6. The average molecular weight is 629 g/mol. The molecule has 0 atom stereocenters. The second-order valence-electron chi connectivity index (χ2n) is 9.89. The fourth-order valence-corrected chi connectivity index (χ4v) is 5.12. The molecule has 9 nitrogen and oxygen atoms in total. The molecule has 0 aliphatic carbocycles. The summed E-state index contributed by atoms with van der Waals surface area (Å²) >= 11 is 12.8. The van der Waals surface area contributed by atoms with Crippen LogP contribution in [0.5, 0.6) is 0 Å². The van der Waals surface area contributed by atoms with Gasteiger partial charge >= 0.3 is 5.97 Å².